The van der Waals surface area contributed by atoms with Crippen molar-refractivity contribution in [2.45, 2.75) is 50.2 Å². The number of fused-ring (bicyclic) bond motifs is 2. The van der Waals surface area contributed by atoms with E-state index in [0.29, 0.717) is 11.4 Å². The second-order valence-electron chi connectivity index (χ2n) is 9.04. The van der Waals surface area contributed by atoms with Gasteiger partial charge in [-0.3, -0.25) is 9.10 Å². The van der Waals surface area contributed by atoms with Crippen LogP contribution in [-0.4, -0.2) is 27.0 Å². The Morgan fingerprint density at radius 3 is 2.59 bits per heavy atom. The van der Waals surface area contributed by atoms with E-state index in [9.17, 15) is 13.2 Å². The van der Waals surface area contributed by atoms with Gasteiger partial charge in [0.15, 0.2) is 6.10 Å². The fourth-order valence-corrected chi connectivity index (χ4v) is 6.19. The quantitative estimate of drug-likeness (QED) is 0.595. The van der Waals surface area contributed by atoms with Crippen LogP contribution in [0, 0.1) is 6.92 Å². The number of aryl methyl sites for hydroxylation is 3. The molecular formula is C27H28N2O4S. The van der Waals surface area contributed by atoms with E-state index in [-0.39, 0.29) is 23.4 Å². The lowest BCUT2D eigenvalue weighted by molar-refractivity contribution is -0.128. The number of nitrogens with zero attached hydrogens (tertiary/aromatic N) is 1. The molecule has 1 aliphatic carbocycles. The maximum Gasteiger partial charge on any atom is 0.264 e. The van der Waals surface area contributed by atoms with E-state index in [1.807, 2.05) is 19.9 Å². The molecule has 1 N–H and O–H groups in total. The first-order valence-corrected chi connectivity index (χ1v) is 13.0. The largest absolute Gasteiger partial charge is 0.476 e. The molecule has 7 heteroatoms. The average molecular weight is 477 g/mol. The molecule has 34 heavy (non-hydrogen) atoms. The molecule has 0 aromatic heterocycles. The molecule has 176 valence electrons. The maximum absolute atomic E-state index is 13.5. The van der Waals surface area contributed by atoms with Gasteiger partial charge in [-0.1, -0.05) is 42.5 Å². The van der Waals surface area contributed by atoms with Gasteiger partial charge in [0.05, 0.1) is 23.2 Å². The Bertz CT molecular complexity index is 1340. The van der Waals surface area contributed by atoms with Gasteiger partial charge in [-0.05, 0) is 79.6 Å². The van der Waals surface area contributed by atoms with Gasteiger partial charge in [0.2, 0.25) is 0 Å². The summed E-state index contributed by atoms with van der Waals surface area (Å²) < 4.78 is 34.3. The summed E-state index contributed by atoms with van der Waals surface area (Å²) in [5.74, 6) is 0.0458. The molecule has 3 aromatic rings. The number of amides is 1. The highest BCUT2D eigenvalue weighted by Gasteiger charge is 2.38. The van der Waals surface area contributed by atoms with Gasteiger partial charge in [-0.2, -0.15) is 0 Å². The van der Waals surface area contributed by atoms with Crippen molar-refractivity contribution < 1.29 is 17.9 Å². The minimum atomic E-state index is -3.87. The third-order valence-electron chi connectivity index (χ3n) is 6.59. The number of ether oxygens (including phenoxy) is 1. The number of carbonyl (C=O) groups is 1. The molecule has 1 heterocycles. The van der Waals surface area contributed by atoms with Gasteiger partial charge in [-0.15, -0.1) is 0 Å². The van der Waals surface area contributed by atoms with Gasteiger partial charge in [0.1, 0.15) is 5.75 Å². The summed E-state index contributed by atoms with van der Waals surface area (Å²) in [7, 11) is -3.87. The standard InChI is InChI=1S/C27H28N2O4S/c1-18-11-14-24-25(15-18)33-26(17-29(24)34(31,32)23-9-4-3-5-10-23)27(30)28-19(2)21-13-12-20-7-6-8-22(20)16-21/h3-5,9-16,19,26H,6-8,17H2,1-2H3,(H,28,30)/t19-,26+/m1/s1. The molecule has 1 aliphatic heterocycles. The van der Waals surface area contributed by atoms with Crippen LogP contribution in [0.4, 0.5) is 5.69 Å². The number of hydrogen-bond acceptors (Lipinski definition) is 4. The molecule has 0 spiro atoms. The number of carbonyl (C=O) groups excluding carboxylic acids is 1. The average Bonchev–Trinajstić information content (AvgIpc) is 3.31. The summed E-state index contributed by atoms with van der Waals surface area (Å²) in [4.78, 5) is 13.4. The predicted molar refractivity (Wildman–Crippen MR) is 132 cm³/mol. The highest BCUT2D eigenvalue weighted by molar-refractivity contribution is 7.92. The van der Waals surface area contributed by atoms with Crippen molar-refractivity contribution >= 4 is 21.6 Å². The van der Waals surface area contributed by atoms with E-state index < -0.39 is 16.1 Å². The molecule has 6 nitrogen and oxygen atoms in total. The summed E-state index contributed by atoms with van der Waals surface area (Å²) in [5, 5.41) is 3.03. The normalized spacial score (nSPS) is 17.9. The summed E-state index contributed by atoms with van der Waals surface area (Å²) in [6.07, 6.45) is 2.37. The van der Waals surface area contributed by atoms with Gasteiger partial charge in [0, 0.05) is 0 Å². The molecule has 1 amide bonds. The van der Waals surface area contributed by atoms with Crippen LogP contribution in [0.15, 0.2) is 71.6 Å². The fraction of sp³-hybridized carbons (Fsp3) is 0.296. The van der Waals surface area contributed by atoms with Crippen LogP contribution in [0.1, 0.15) is 41.6 Å². The predicted octanol–water partition coefficient (Wildman–Crippen LogP) is 4.32. The van der Waals surface area contributed by atoms with Gasteiger partial charge >= 0.3 is 0 Å². The Morgan fingerprint density at radius 1 is 1.03 bits per heavy atom. The number of rotatable bonds is 5. The molecule has 2 aliphatic rings. The van der Waals surface area contributed by atoms with E-state index in [0.717, 1.165) is 24.0 Å². The molecule has 0 saturated carbocycles. The topological polar surface area (TPSA) is 75.7 Å². The molecule has 3 aromatic carbocycles. The smallest absolute Gasteiger partial charge is 0.264 e. The zero-order valence-corrected chi connectivity index (χ0v) is 20.1. The van der Waals surface area contributed by atoms with Gasteiger partial charge in [-0.25, -0.2) is 8.42 Å². The van der Waals surface area contributed by atoms with Crippen molar-refractivity contribution in [3.05, 3.63) is 89.0 Å². The number of sulfonamides is 1. The molecule has 0 radical (unpaired) electrons. The summed E-state index contributed by atoms with van der Waals surface area (Å²) in [5.41, 5.74) is 5.12. The summed E-state index contributed by atoms with van der Waals surface area (Å²) >= 11 is 0. The molecule has 2 atom stereocenters. The van der Waals surface area contributed by atoms with E-state index in [2.05, 4.69) is 23.5 Å². The van der Waals surface area contributed by atoms with Crippen LogP contribution >= 0.6 is 0 Å². The van der Waals surface area contributed by atoms with Crippen molar-refractivity contribution in [2.75, 3.05) is 10.8 Å². The second-order valence-corrected chi connectivity index (χ2v) is 10.9. The Balaban J connectivity index is 1.41. The number of benzene rings is 3. The van der Waals surface area contributed by atoms with Crippen LogP contribution in [-0.2, 0) is 27.7 Å². The number of hydrogen-bond donors (Lipinski definition) is 1. The van der Waals surface area contributed by atoms with E-state index in [4.69, 9.17) is 4.74 Å². The van der Waals surface area contributed by atoms with Crippen LogP contribution in [0.3, 0.4) is 0 Å². The van der Waals surface area contributed by atoms with Crippen molar-refractivity contribution in [1.29, 1.82) is 0 Å². The van der Waals surface area contributed by atoms with Crippen LogP contribution in [0.25, 0.3) is 0 Å². The van der Waals surface area contributed by atoms with Crippen LogP contribution < -0.4 is 14.4 Å². The molecule has 0 bridgehead atoms. The van der Waals surface area contributed by atoms with Gasteiger partial charge in [0.25, 0.3) is 15.9 Å². The zero-order valence-electron chi connectivity index (χ0n) is 19.3. The van der Waals surface area contributed by atoms with Crippen LogP contribution in [0.2, 0.25) is 0 Å². The molecule has 0 unspecified atom stereocenters. The maximum atomic E-state index is 13.5. The Kier molecular flexibility index (Phi) is 5.81. The fourth-order valence-electron chi connectivity index (χ4n) is 4.70. The lowest BCUT2D eigenvalue weighted by Crippen LogP contribution is -2.51. The summed E-state index contributed by atoms with van der Waals surface area (Å²) in [6.45, 7) is 3.74. The first-order chi connectivity index (χ1) is 16.3. The number of nitrogens with one attached hydrogen (secondary N) is 1. The lowest BCUT2D eigenvalue weighted by atomic mass is 10.0. The van der Waals surface area contributed by atoms with Gasteiger partial charge < -0.3 is 10.1 Å². The SMILES string of the molecule is Cc1ccc2c(c1)O[C@H](C(=O)N[C@H](C)c1ccc3c(c1)CCC3)CN2S(=O)(=O)c1ccccc1. The second kappa shape index (κ2) is 8.80. The van der Waals surface area contributed by atoms with Crippen molar-refractivity contribution in [3.63, 3.8) is 0 Å². The van der Waals surface area contributed by atoms with Crippen LogP contribution in [0.5, 0.6) is 5.75 Å². The van der Waals surface area contributed by atoms with Crippen molar-refractivity contribution in [1.82, 2.24) is 5.32 Å². The molecule has 0 saturated heterocycles. The van der Waals surface area contributed by atoms with E-state index >= 15 is 0 Å². The summed E-state index contributed by atoms with van der Waals surface area (Å²) in [6, 6.07) is 19.7. The van der Waals surface area contributed by atoms with Crippen molar-refractivity contribution in [2.24, 2.45) is 0 Å². The first kappa shape index (κ1) is 22.5. The zero-order chi connectivity index (χ0) is 23.9. The van der Waals surface area contributed by atoms with E-state index in [1.54, 1.807) is 42.5 Å². The van der Waals surface area contributed by atoms with Crippen molar-refractivity contribution in [3.8, 4) is 5.75 Å². The third-order valence-corrected chi connectivity index (χ3v) is 8.38. The Morgan fingerprint density at radius 2 is 1.79 bits per heavy atom. The third kappa shape index (κ3) is 4.16. The monoisotopic (exact) mass is 476 g/mol. The lowest BCUT2D eigenvalue weighted by Gasteiger charge is -2.35. The minimum absolute atomic E-state index is 0.101. The minimum Gasteiger partial charge on any atom is -0.476 e. The molecule has 5 rings (SSSR count). The highest BCUT2D eigenvalue weighted by atomic mass is 32.2. The molecular weight excluding hydrogens is 448 g/mol. The Hall–Kier alpha value is -3.32. The number of anilines is 1. The highest BCUT2D eigenvalue weighted by Crippen LogP contribution is 2.38. The Labute approximate surface area is 200 Å². The molecule has 0 fully saturated rings. The van der Waals surface area contributed by atoms with E-state index in [1.165, 1.54) is 21.9 Å². The first-order valence-electron chi connectivity index (χ1n) is 11.6.